The number of benzene rings is 8. The maximum Gasteiger partial charge on any atom is 2.00 e. The second-order valence-corrected chi connectivity index (χ2v) is 18.4. The topological polar surface area (TPSA) is 48.8 Å². The van der Waals surface area contributed by atoms with Crippen molar-refractivity contribution in [2.45, 2.75) is 26.2 Å². The summed E-state index contributed by atoms with van der Waals surface area (Å²) in [6.07, 6.45) is 1.90. The molecule has 6 heterocycles. The van der Waals surface area contributed by atoms with Crippen LogP contribution >= 0.6 is 0 Å². The Balaban J connectivity index is 0.00000446. The second kappa shape index (κ2) is 14.6. The molecule has 0 aliphatic rings. The molecule has 0 aliphatic carbocycles. The summed E-state index contributed by atoms with van der Waals surface area (Å²) in [6.45, 7) is 6.69. The van der Waals surface area contributed by atoms with Crippen molar-refractivity contribution in [3.63, 3.8) is 0 Å². The molecule has 0 radical (unpaired) electrons. The van der Waals surface area contributed by atoms with Gasteiger partial charge in [-0.1, -0.05) is 158 Å². The van der Waals surface area contributed by atoms with Crippen LogP contribution in [0.4, 0.5) is 0 Å². The van der Waals surface area contributed by atoms with Gasteiger partial charge in [0.05, 0.1) is 33.2 Å². The van der Waals surface area contributed by atoms with Crippen LogP contribution in [0.1, 0.15) is 26.3 Å². The van der Waals surface area contributed by atoms with Crippen molar-refractivity contribution in [2.75, 3.05) is 0 Å². The van der Waals surface area contributed by atoms with Gasteiger partial charge in [-0.2, -0.15) is 6.07 Å². The van der Waals surface area contributed by atoms with Gasteiger partial charge in [-0.05, 0) is 63.5 Å². The third-order valence-electron chi connectivity index (χ3n) is 13.6. The molecular formula is C60H39N5OPt. The van der Waals surface area contributed by atoms with Gasteiger partial charge in [-0.3, -0.25) is 4.98 Å². The van der Waals surface area contributed by atoms with Gasteiger partial charge >= 0.3 is 21.1 Å². The molecule has 0 fully saturated rings. The minimum atomic E-state index is -0.0366. The third kappa shape index (κ3) is 5.73. The van der Waals surface area contributed by atoms with Crippen molar-refractivity contribution in [3.05, 3.63) is 200 Å². The van der Waals surface area contributed by atoms with E-state index in [1.807, 2.05) is 18.3 Å². The van der Waals surface area contributed by atoms with Crippen LogP contribution in [-0.2, 0) is 26.5 Å². The third-order valence-corrected chi connectivity index (χ3v) is 13.6. The summed E-state index contributed by atoms with van der Waals surface area (Å²) >= 11 is 0. The Bertz CT molecular complexity index is 4440. The summed E-state index contributed by atoms with van der Waals surface area (Å²) in [5.41, 5.74) is 10.4. The van der Waals surface area contributed by atoms with E-state index in [4.69, 9.17) is 14.7 Å². The number of fused-ring (bicyclic) bond motifs is 20. The van der Waals surface area contributed by atoms with Crippen LogP contribution in [0.5, 0.6) is 11.5 Å². The van der Waals surface area contributed by atoms with Gasteiger partial charge < -0.3 is 18.1 Å². The molecule has 14 rings (SSSR count). The van der Waals surface area contributed by atoms with E-state index in [0.29, 0.717) is 11.5 Å². The minimum Gasteiger partial charge on any atom is -0.503 e. The SMILES string of the molecule is CC(C)(C)c1ccnc(-n2c3[c-]c(Oc4[c-]c5c(cc4)c4ccccc4n4c5nc5c6ccccc6c6ccccc6n6c7ccccc7c7cccc(c76)c54)ccc3c3ccccc32)c1.[Pt+2]. The maximum atomic E-state index is 6.82. The molecule has 0 saturated heterocycles. The molecule has 6 aromatic heterocycles. The van der Waals surface area contributed by atoms with Crippen LogP contribution in [0.25, 0.3) is 115 Å². The Morgan fingerprint density at radius 3 is 1.70 bits per heavy atom. The van der Waals surface area contributed by atoms with E-state index in [1.165, 1.54) is 16.3 Å². The molecule has 320 valence electrons. The predicted molar refractivity (Wildman–Crippen MR) is 273 cm³/mol. The molecule has 0 N–H and O–H groups in total. The van der Waals surface area contributed by atoms with Crippen molar-refractivity contribution in [3.8, 4) is 17.3 Å². The van der Waals surface area contributed by atoms with Gasteiger partial charge in [-0.25, -0.2) is 4.98 Å². The van der Waals surface area contributed by atoms with E-state index in [0.717, 1.165) is 104 Å². The molecule has 67 heavy (non-hydrogen) atoms. The number of imidazole rings is 1. The molecule has 0 unspecified atom stereocenters. The largest absolute Gasteiger partial charge is 2.00 e. The molecule has 0 amide bonds. The standard InChI is InChI=1S/C60H39N5O.Pt/c1-60(2,3)36-31-32-61-55(33-36)63-50-23-10-8-18-43(50)45-30-28-38(35-54(45)63)66-37-27-29-40-42-17-7-13-26-53(42)65-58-48-22-14-21-47-44-19-9-12-25-52(44)64(57(47)48)51-24-11-6-16-41(51)39-15-4-5-20-46(39)56(58)62-59(65)49(40)34-37;/h4-33H,1-3H3;/q-2;+2. The fraction of sp³-hybridized carbons (Fsp3) is 0.0667. The second-order valence-electron chi connectivity index (χ2n) is 18.4. The molecule has 0 saturated carbocycles. The van der Waals surface area contributed by atoms with E-state index >= 15 is 0 Å². The van der Waals surface area contributed by atoms with Crippen LogP contribution < -0.4 is 4.74 Å². The molecular weight excluding hydrogens is 1000 g/mol. The molecule has 14 aromatic rings. The van der Waals surface area contributed by atoms with E-state index in [-0.39, 0.29) is 26.5 Å². The van der Waals surface area contributed by atoms with Gasteiger partial charge in [0.15, 0.2) is 0 Å². The summed E-state index contributed by atoms with van der Waals surface area (Å²) in [6, 6.07) is 70.1. The van der Waals surface area contributed by atoms with Crippen molar-refractivity contribution < 1.29 is 25.8 Å². The summed E-state index contributed by atoms with van der Waals surface area (Å²) in [4.78, 5) is 10.6. The van der Waals surface area contributed by atoms with Crippen LogP contribution in [0.3, 0.4) is 0 Å². The number of para-hydroxylation sites is 5. The number of nitrogens with zero attached hydrogens (tertiary/aromatic N) is 5. The molecule has 0 bridgehead atoms. The quantitative estimate of drug-likeness (QED) is 0.131. The number of pyridine rings is 2. The first-order valence-corrected chi connectivity index (χ1v) is 22.5. The Morgan fingerprint density at radius 2 is 1.00 bits per heavy atom. The first-order chi connectivity index (χ1) is 32.4. The Morgan fingerprint density at radius 1 is 0.463 bits per heavy atom. The first-order valence-electron chi connectivity index (χ1n) is 22.5. The average molecular weight is 1040 g/mol. The van der Waals surface area contributed by atoms with Gasteiger partial charge in [0.1, 0.15) is 5.82 Å². The smallest absolute Gasteiger partial charge is 0.503 e. The first kappa shape index (κ1) is 39.6. The predicted octanol–water partition coefficient (Wildman–Crippen LogP) is 15.4. The average Bonchev–Trinajstić information content (AvgIpc) is 4.03. The van der Waals surface area contributed by atoms with Crippen LogP contribution in [0.2, 0.25) is 0 Å². The Labute approximate surface area is 399 Å². The zero-order valence-electron chi connectivity index (χ0n) is 36.8. The number of rotatable bonds is 3. The summed E-state index contributed by atoms with van der Waals surface area (Å²) < 4.78 is 13.8. The maximum absolute atomic E-state index is 6.82. The fourth-order valence-corrected chi connectivity index (χ4v) is 10.7. The summed E-state index contributed by atoms with van der Waals surface area (Å²) in [7, 11) is 0. The van der Waals surface area contributed by atoms with Crippen LogP contribution in [0.15, 0.2) is 182 Å². The number of hydrogen-bond donors (Lipinski definition) is 0. The van der Waals surface area contributed by atoms with E-state index in [1.54, 1.807) is 0 Å². The Kier molecular flexibility index (Phi) is 8.62. The van der Waals surface area contributed by atoms with E-state index in [2.05, 4.69) is 210 Å². The van der Waals surface area contributed by atoms with Gasteiger partial charge in [-0.15, -0.1) is 29.7 Å². The van der Waals surface area contributed by atoms with Crippen molar-refractivity contribution in [1.82, 2.24) is 23.3 Å². The molecule has 7 heteroatoms. The van der Waals surface area contributed by atoms with Gasteiger partial charge in [0.2, 0.25) is 0 Å². The number of ether oxygens (including phenoxy) is 1. The van der Waals surface area contributed by atoms with Crippen molar-refractivity contribution in [1.29, 1.82) is 0 Å². The zero-order valence-corrected chi connectivity index (χ0v) is 39.1. The fourth-order valence-electron chi connectivity index (χ4n) is 10.7. The monoisotopic (exact) mass is 1040 g/mol. The molecule has 6 nitrogen and oxygen atoms in total. The van der Waals surface area contributed by atoms with Crippen LogP contribution in [0, 0.1) is 12.1 Å². The normalized spacial score (nSPS) is 12.3. The molecule has 8 aromatic carbocycles. The van der Waals surface area contributed by atoms with Crippen molar-refractivity contribution >= 4 is 109 Å². The molecule has 0 aliphatic heterocycles. The number of aromatic nitrogens is 5. The van der Waals surface area contributed by atoms with Crippen LogP contribution in [-0.4, -0.2) is 23.3 Å². The Hall–Kier alpha value is -7.79. The van der Waals surface area contributed by atoms with E-state index < -0.39 is 0 Å². The number of hydrogen-bond acceptors (Lipinski definition) is 3. The minimum absolute atomic E-state index is 0. The van der Waals surface area contributed by atoms with Gasteiger partial charge in [0, 0.05) is 55.7 Å². The summed E-state index contributed by atoms with van der Waals surface area (Å²) in [5.74, 6) is 2.01. The van der Waals surface area contributed by atoms with Crippen molar-refractivity contribution in [2.24, 2.45) is 0 Å². The molecule has 0 atom stereocenters. The van der Waals surface area contributed by atoms with Gasteiger partial charge in [0.25, 0.3) is 0 Å². The zero-order chi connectivity index (χ0) is 43.8. The molecule has 0 spiro atoms. The summed E-state index contributed by atoms with van der Waals surface area (Å²) in [5, 5.41) is 12.1. The van der Waals surface area contributed by atoms with E-state index in [9.17, 15) is 0 Å².